The summed E-state index contributed by atoms with van der Waals surface area (Å²) < 4.78 is 26.7. The Morgan fingerprint density at radius 1 is 1.00 bits per heavy atom. The second-order valence-electron chi connectivity index (χ2n) is 10.0. The molecule has 2 aromatic carbocycles. The number of carbonyl (C=O) groups excluding carboxylic acids is 2. The van der Waals surface area contributed by atoms with Crippen LogP contribution in [-0.2, 0) is 16.0 Å². The lowest BCUT2D eigenvalue weighted by molar-refractivity contribution is -0.919. The molecule has 8 nitrogen and oxygen atoms in total. The number of nitrogens with zero attached hydrogens (tertiary/aromatic N) is 3. The maximum Gasteiger partial charge on any atom is 0.343 e. The minimum atomic E-state index is -0.469. The fraction of sp³-hybridized carbons (Fsp3) is 0.400. The molecule has 4 rings (SSSR count). The molecule has 1 aliphatic rings. The van der Waals surface area contributed by atoms with E-state index >= 15 is 0 Å². The van der Waals surface area contributed by atoms with Crippen LogP contribution in [0, 0.1) is 0 Å². The van der Waals surface area contributed by atoms with Gasteiger partial charge in [-0.2, -0.15) is 4.37 Å². The average molecular weight is 678 g/mol. The summed E-state index contributed by atoms with van der Waals surface area (Å²) >= 11 is 1.16. The standard InChI is InChI=1S/C30H36N3O5S.HI/c1-3-4-5-11-19-36-29-28(31-39-32-29)25-16-12-18-33(2,21-25)22-37-27(34)20-24-15-9-10-17-26(24)38-30(35)23-13-7-6-8-14-23;/h6-10,13-17H,3-5,11-12,18-22H2,1-2H3;1H/q+1;/p-1. The Kier molecular flexibility index (Phi) is 12.5. The summed E-state index contributed by atoms with van der Waals surface area (Å²) in [5.41, 5.74) is 2.90. The molecule has 40 heavy (non-hydrogen) atoms. The van der Waals surface area contributed by atoms with Gasteiger partial charge in [-0.15, -0.1) is 4.37 Å². The summed E-state index contributed by atoms with van der Waals surface area (Å²) in [7, 11) is 2.07. The van der Waals surface area contributed by atoms with E-state index in [-0.39, 0.29) is 43.1 Å². The fourth-order valence-electron chi connectivity index (χ4n) is 4.47. The molecule has 0 aliphatic carbocycles. The summed E-state index contributed by atoms with van der Waals surface area (Å²) in [6, 6.07) is 15.8. The van der Waals surface area contributed by atoms with Gasteiger partial charge in [0.15, 0.2) is 0 Å². The molecule has 1 unspecified atom stereocenters. The largest absolute Gasteiger partial charge is 1.00 e. The Bertz CT molecular complexity index is 1280. The van der Waals surface area contributed by atoms with Gasteiger partial charge in [0.25, 0.3) is 5.88 Å². The smallest absolute Gasteiger partial charge is 0.343 e. The molecule has 0 saturated carbocycles. The zero-order chi connectivity index (χ0) is 27.5. The van der Waals surface area contributed by atoms with E-state index in [1.807, 2.05) is 12.1 Å². The van der Waals surface area contributed by atoms with Crippen LogP contribution >= 0.6 is 11.7 Å². The van der Waals surface area contributed by atoms with Crippen LogP contribution in [0.2, 0.25) is 0 Å². The van der Waals surface area contributed by atoms with E-state index in [1.165, 1.54) is 12.8 Å². The molecule has 0 fully saturated rings. The summed E-state index contributed by atoms with van der Waals surface area (Å²) in [5.74, 6) is 0.100. The molecule has 2 heterocycles. The summed E-state index contributed by atoms with van der Waals surface area (Å²) in [5, 5.41) is 0. The Morgan fingerprint density at radius 2 is 1.77 bits per heavy atom. The number of halogens is 1. The maximum absolute atomic E-state index is 12.8. The number of hydrogen-bond donors (Lipinski definition) is 0. The highest BCUT2D eigenvalue weighted by molar-refractivity contribution is 6.99. The summed E-state index contributed by atoms with van der Waals surface area (Å²) in [6.07, 6.45) is 7.57. The number of benzene rings is 2. The van der Waals surface area contributed by atoms with Gasteiger partial charge in [-0.25, -0.2) is 4.79 Å². The number of esters is 2. The molecule has 3 aromatic rings. The van der Waals surface area contributed by atoms with E-state index < -0.39 is 5.97 Å². The van der Waals surface area contributed by atoms with Crippen molar-refractivity contribution in [3.63, 3.8) is 0 Å². The van der Waals surface area contributed by atoms with E-state index in [4.69, 9.17) is 14.2 Å². The Hall–Kier alpha value is -2.83. The molecule has 214 valence electrons. The molecule has 0 N–H and O–H groups in total. The zero-order valence-electron chi connectivity index (χ0n) is 23.0. The second kappa shape index (κ2) is 15.8. The lowest BCUT2D eigenvalue weighted by Gasteiger charge is -2.36. The van der Waals surface area contributed by atoms with Gasteiger partial charge in [0, 0.05) is 17.6 Å². The topological polar surface area (TPSA) is 87.6 Å². The van der Waals surface area contributed by atoms with Crippen LogP contribution < -0.4 is 33.5 Å². The summed E-state index contributed by atoms with van der Waals surface area (Å²) in [6.45, 7) is 4.56. The lowest BCUT2D eigenvalue weighted by atomic mass is 10.1. The Balaban J connectivity index is 0.00000441. The number of aromatic nitrogens is 2. The Labute approximate surface area is 257 Å². The number of hydrogen-bond acceptors (Lipinski definition) is 8. The number of ether oxygens (including phenoxy) is 3. The highest BCUT2D eigenvalue weighted by Gasteiger charge is 2.31. The molecule has 0 amide bonds. The average Bonchev–Trinajstić information content (AvgIpc) is 3.42. The molecular weight excluding hydrogens is 641 g/mol. The van der Waals surface area contributed by atoms with Gasteiger partial charge in [-0.3, -0.25) is 9.28 Å². The van der Waals surface area contributed by atoms with E-state index in [0.29, 0.717) is 40.4 Å². The van der Waals surface area contributed by atoms with Crippen molar-refractivity contribution in [2.45, 2.75) is 45.4 Å². The third-order valence-corrected chi connectivity index (χ3v) is 7.18. The predicted molar refractivity (Wildman–Crippen MR) is 151 cm³/mol. The van der Waals surface area contributed by atoms with Gasteiger partial charge in [0.05, 0.1) is 43.9 Å². The van der Waals surface area contributed by atoms with Crippen LogP contribution in [0.25, 0.3) is 5.57 Å². The van der Waals surface area contributed by atoms with Gasteiger partial charge in [0.1, 0.15) is 18.0 Å². The van der Waals surface area contributed by atoms with Gasteiger partial charge < -0.3 is 38.2 Å². The number of likely N-dealkylation sites (N-methyl/N-ethyl adjacent to an activating group) is 1. The van der Waals surface area contributed by atoms with Crippen LogP contribution in [0.15, 0.2) is 60.7 Å². The van der Waals surface area contributed by atoms with Crippen molar-refractivity contribution < 1.29 is 52.3 Å². The number of quaternary nitrogens is 1. The van der Waals surface area contributed by atoms with Crippen LogP contribution in [0.5, 0.6) is 11.6 Å². The third kappa shape index (κ3) is 9.10. The molecule has 10 heteroatoms. The van der Waals surface area contributed by atoms with Crippen molar-refractivity contribution in [1.29, 1.82) is 0 Å². The first-order valence-electron chi connectivity index (χ1n) is 13.5. The van der Waals surface area contributed by atoms with Crippen LogP contribution in [0.3, 0.4) is 0 Å². The molecule has 1 atom stereocenters. The number of rotatable bonds is 13. The minimum Gasteiger partial charge on any atom is -1.00 e. The monoisotopic (exact) mass is 677 g/mol. The lowest BCUT2D eigenvalue weighted by Crippen LogP contribution is -3.00. The number of para-hydroxylation sites is 1. The number of carbonyl (C=O) groups is 2. The summed E-state index contributed by atoms with van der Waals surface area (Å²) in [4.78, 5) is 25.3. The zero-order valence-corrected chi connectivity index (χ0v) is 26.0. The quantitative estimate of drug-likeness (QED) is 0.0905. The molecule has 0 bridgehead atoms. The van der Waals surface area contributed by atoms with Crippen molar-refractivity contribution in [2.75, 3.05) is 33.5 Å². The van der Waals surface area contributed by atoms with Crippen LogP contribution in [-0.4, -0.2) is 58.6 Å². The van der Waals surface area contributed by atoms with Crippen molar-refractivity contribution in [2.24, 2.45) is 0 Å². The molecular formula is C30H36IN3O5S. The normalized spacial score (nSPS) is 16.4. The van der Waals surface area contributed by atoms with Gasteiger partial charge in [-0.1, -0.05) is 68.7 Å². The second-order valence-corrected chi connectivity index (χ2v) is 10.6. The highest BCUT2D eigenvalue weighted by Crippen LogP contribution is 2.30. The van der Waals surface area contributed by atoms with Crippen LogP contribution in [0.1, 0.15) is 60.6 Å². The first kappa shape index (κ1) is 31.7. The molecule has 1 aromatic heterocycles. The maximum atomic E-state index is 12.8. The van der Waals surface area contributed by atoms with E-state index in [2.05, 4.69) is 28.8 Å². The molecule has 1 aliphatic heterocycles. The van der Waals surface area contributed by atoms with Crippen molar-refractivity contribution >= 4 is 29.2 Å². The van der Waals surface area contributed by atoms with Crippen LogP contribution in [0.4, 0.5) is 0 Å². The molecule has 0 spiro atoms. The van der Waals surface area contributed by atoms with Gasteiger partial charge >= 0.3 is 11.9 Å². The first-order chi connectivity index (χ1) is 19.0. The van der Waals surface area contributed by atoms with Crippen molar-refractivity contribution in [3.8, 4) is 11.6 Å². The third-order valence-electron chi connectivity index (χ3n) is 6.67. The van der Waals surface area contributed by atoms with Gasteiger partial charge in [-0.05, 0) is 24.6 Å². The first-order valence-corrected chi connectivity index (χ1v) is 14.2. The van der Waals surface area contributed by atoms with Crippen molar-refractivity contribution in [1.82, 2.24) is 8.75 Å². The predicted octanol–water partition coefficient (Wildman–Crippen LogP) is 2.70. The van der Waals surface area contributed by atoms with E-state index in [0.717, 1.165) is 48.8 Å². The highest BCUT2D eigenvalue weighted by atomic mass is 127. The Morgan fingerprint density at radius 3 is 2.58 bits per heavy atom. The molecule has 0 saturated heterocycles. The fourth-order valence-corrected chi connectivity index (χ4v) is 5.00. The molecule has 0 radical (unpaired) electrons. The van der Waals surface area contributed by atoms with E-state index in [1.54, 1.807) is 42.5 Å². The van der Waals surface area contributed by atoms with E-state index in [9.17, 15) is 9.59 Å². The minimum absolute atomic E-state index is 0. The number of unbranched alkanes of at least 4 members (excludes halogenated alkanes) is 3. The SMILES string of the molecule is CCCCCCOc1nsnc1C1=CCC[N+](C)(COC(=O)Cc2ccccc2OC(=O)c2ccccc2)C1.[I-]. The van der Waals surface area contributed by atoms with Crippen molar-refractivity contribution in [3.05, 3.63) is 77.5 Å². The van der Waals surface area contributed by atoms with Gasteiger partial charge in [0.2, 0.25) is 6.73 Å².